The zero-order chi connectivity index (χ0) is 14.6. The van der Waals surface area contributed by atoms with Crippen molar-refractivity contribution >= 4 is 5.71 Å². The second kappa shape index (κ2) is 6.04. The van der Waals surface area contributed by atoms with Crippen LogP contribution in [0.1, 0.15) is 25.0 Å². The minimum Gasteiger partial charge on any atom is -0.392 e. The summed E-state index contributed by atoms with van der Waals surface area (Å²) in [5.41, 5.74) is 2.12. The summed E-state index contributed by atoms with van der Waals surface area (Å²) in [5.74, 6) is -0.577. The molecule has 1 saturated heterocycles. The van der Waals surface area contributed by atoms with Gasteiger partial charge in [-0.05, 0) is 20.8 Å². The third kappa shape index (κ3) is 3.80. The molecule has 0 saturated carbocycles. The SMILES string of the molecule is Cc1ccc(/C(C#N)=N/OCC2COC(C)(C)O2)cc1. The number of hydrogen-bond acceptors (Lipinski definition) is 5. The maximum absolute atomic E-state index is 9.11. The van der Waals surface area contributed by atoms with E-state index in [-0.39, 0.29) is 18.4 Å². The highest BCUT2D eigenvalue weighted by Gasteiger charge is 2.33. The average molecular weight is 274 g/mol. The first kappa shape index (κ1) is 14.5. The fraction of sp³-hybridized carbons (Fsp3) is 0.467. The number of benzene rings is 1. The molecule has 0 N–H and O–H groups in total. The first-order valence-corrected chi connectivity index (χ1v) is 6.49. The molecule has 1 heterocycles. The van der Waals surface area contributed by atoms with E-state index in [2.05, 4.69) is 5.16 Å². The van der Waals surface area contributed by atoms with Crippen molar-refractivity contribution < 1.29 is 14.3 Å². The van der Waals surface area contributed by atoms with Crippen LogP contribution in [0.5, 0.6) is 0 Å². The molecule has 1 aliphatic heterocycles. The van der Waals surface area contributed by atoms with Crippen LogP contribution in [0.4, 0.5) is 0 Å². The molecular formula is C15H18N2O3. The molecule has 0 amide bonds. The average Bonchev–Trinajstić information content (AvgIpc) is 2.76. The van der Waals surface area contributed by atoms with E-state index in [1.807, 2.05) is 51.1 Å². The molecule has 1 aromatic rings. The van der Waals surface area contributed by atoms with E-state index in [4.69, 9.17) is 19.6 Å². The van der Waals surface area contributed by atoms with Gasteiger partial charge in [-0.25, -0.2) is 0 Å². The number of oxime groups is 1. The van der Waals surface area contributed by atoms with Crippen molar-refractivity contribution in [1.82, 2.24) is 0 Å². The largest absolute Gasteiger partial charge is 0.392 e. The molecule has 0 aromatic heterocycles. The lowest BCUT2D eigenvalue weighted by molar-refractivity contribution is -0.144. The molecule has 0 radical (unpaired) electrons. The van der Waals surface area contributed by atoms with Crippen LogP contribution < -0.4 is 0 Å². The zero-order valence-corrected chi connectivity index (χ0v) is 11.9. The van der Waals surface area contributed by atoms with Gasteiger partial charge in [-0.1, -0.05) is 35.0 Å². The molecule has 1 atom stereocenters. The Bertz CT molecular complexity index is 529. The fourth-order valence-electron chi connectivity index (χ4n) is 1.88. The Morgan fingerprint density at radius 3 is 2.70 bits per heavy atom. The first-order chi connectivity index (χ1) is 9.50. The minimum atomic E-state index is -0.577. The number of nitrogens with zero attached hydrogens (tertiary/aromatic N) is 2. The third-order valence-corrected chi connectivity index (χ3v) is 2.91. The van der Waals surface area contributed by atoms with Gasteiger partial charge >= 0.3 is 0 Å². The van der Waals surface area contributed by atoms with Crippen molar-refractivity contribution in [2.24, 2.45) is 5.16 Å². The molecule has 1 aromatic carbocycles. The summed E-state index contributed by atoms with van der Waals surface area (Å²) >= 11 is 0. The van der Waals surface area contributed by atoms with Crippen LogP contribution in [0.3, 0.4) is 0 Å². The highest BCUT2D eigenvalue weighted by Crippen LogP contribution is 2.22. The standard InChI is InChI=1S/C15H18N2O3/c1-11-4-6-12(7-5-11)14(8-16)17-19-10-13-9-18-15(2,3)20-13/h4-7,13H,9-10H2,1-3H3/b17-14+. The lowest BCUT2D eigenvalue weighted by atomic mass is 10.1. The summed E-state index contributed by atoms with van der Waals surface area (Å²) in [6.07, 6.45) is -0.160. The fourth-order valence-corrected chi connectivity index (χ4v) is 1.88. The summed E-state index contributed by atoms with van der Waals surface area (Å²) in [7, 11) is 0. The second-order valence-corrected chi connectivity index (χ2v) is 5.16. The van der Waals surface area contributed by atoms with E-state index in [1.165, 1.54) is 0 Å². The Morgan fingerprint density at radius 1 is 1.45 bits per heavy atom. The normalized spacial score (nSPS) is 21.5. The van der Waals surface area contributed by atoms with Crippen molar-refractivity contribution in [3.05, 3.63) is 35.4 Å². The molecule has 0 aliphatic carbocycles. The first-order valence-electron chi connectivity index (χ1n) is 6.49. The van der Waals surface area contributed by atoms with Crippen LogP contribution in [0, 0.1) is 18.3 Å². The van der Waals surface area contributed by atoms with Gasteiger partial charge in [0.15, 0.2) is 11.5 Å². The summed E-state index contributed by atoms with van der Waals surface area (Å²) in [4.78, 5) is 5.21. The van der Waals surface area contributed by atoms with E-state index >= 15 is 0 Å². The Morgan fingerprint density at radius 2 is 2.15 bits per heavy atom. The predicted molar refractivity (Wildman–Crippen MR) is 74.2 cm³/mol. The lowest BCUT2D eigenvalue weighted by Gasteiger charge is -2.16. The quantitative estimate of drug-likeness (QED) is 0.624. The topological polar surface area (TPSA) is 63.8 Å². The van der Waals surface area contributed by atoms with Gasteiger partial charge in [0.25, 0.3) is 0 Å². The maximum Gasteiger partial charge on any atom is 0.186 e. The molecule has 20 heavy (non-hydrogen) atoms. The number of rotatable bonds is 4. The van der Waals surface area contributed by atoms with Crippen molar-refractivity contribution in [2.45, 2.75) is 32.7 Å². The third-order valence-electron chi connectivity index (χ3n) is 2.91. The van der Waals surface area contributed by atoms with Gasteiger partial charge in [-0.15, -0.1) is 0 Å². The Kier molecular flexibility index (Phi) is 4.38. The number of nitriles is 1. The molecule has 2 rings (SSSR count). The van der Waals surface area contributed by atoms with Gasteiger partial charge in [0, 0.05) is 5.56 Å². The second-order valence-electron chi connectivity index (χ2n) is 5.16. The number of aryl methyl sites for hydroxylation is 1. The number of ether oxygens (including phenoxy) is 2. The maximum atomic E-state index is 9.11. The van der Waals surface area contributed by atoms with Gasteiger partial charge in [0.05, 0.1) is 6.61 Å². The van der Waals surface area contributed by atoms with Crippen LogP contribution in [0.25, 0.3) is 0 Å². The van der Waals surface area contributed by atoms with E-state index in [9.17, 15) is 0 Å². The summed E-state index contributed by atoms with van der Waals surface area (Å²) in [5, 5.41) is 13.0. The monoisotopic (exact) mass is 274 g/mol. The van der Waals surface area contributed by atoms with E-state index in [0.717, 1.165) is 11.1 Å². The highest BCUT2D eigenvalue weighted by molar-refractivity contribution is 6.11. The Hall–Kier alpha value is -1.90. The minimum absolute atomic E-state index is 0.160. The highest BCUT2D eigenvalue weighted by atomic mass is 16.8. The van der Waals surface area contributed by atoms with Crippen LogP contribution in [0.2, 0.25) is 0 Å². The molecule has 0 spiro atoms. The van der Waals surface area contributed by atoms with Crippen LogP contribution in [0.15, 0.2) is 29.4 Å². The van der Waals surface area contributed by atoms with Gasteiger partial charge in [0.2, 0.25) is 0 Å². The Balaban J connectivity index is 1.92. The van der Waals surface area contributed by atoms with Crippen LogP contribution >= 0.6 is 0 Å². The molecule has 1 fully saturated rings. The van der Waals surface area contributed by atoms with Gasteiger partial charge in [-0.3, -0.25) is 0 Å². The van der Waals surface area contributed by atoms with Crippen molar-refractivity contribution in [2.75, 3.05) is 13.2 Å². The molecule has 106 valence electrons. The van der Waals surface area contributed by atoms with Gasteiger partial charge in [0.1, 0.15) is 18.8 Å². The van der Waals surface area contributed by atoms with E-state index in [0.29, 0.717) is 6.61 Å². The lowest BCUT2D eigenvalue weighted by Crippen LogP contribution is -2.23. The zero-order valence-electron chi connectivity index (χ0n) is 11.9. The van der Waals surface area contributed by atoms with Gasteiger partial charge in [-0.2, -0.15) is 5.26 Å². The van der Waals surface area contributed by atoms with E-state index in [1.54, 1.807) is 0 Å². The molecule has 1 aliphatic rings. The van der Waals surface area contributed by atoms with Crippen molar-refractivity contribution in [1.29, 1.82) is 5.26 Å². The summed E-state index contributed by atoms with van der Waals surface area (Å²) < 4.78 is 11.0. The summed E-state index contributed by atoms with van der Waals surface area (Å²) in [6, 6.07) is 9.58. The van der Waals surface area contributed by atoms with Crippen LogP contribution in [-0.2, 0) is 14.3 Å². The van der Waals surface area contributed by atoms with E-state index < -0.39 is 5.79 Å². The molecule has 5 nitrogen and oxygen atoms in total. The molecular weight excluding hydrogens is 256 g/mol. The van der Waals surface area contributed by atoms with Crippen molar-refractivity contribution in [3.8, 4) is 6.07 Å². The molecule has 0 bridgehead atoms. The number of hydrogen-bond donors (Lipinski definition) is 0. The Labute approximate surface area is 118 Å². The van der Waals surface area contributed by atoms with Crippen molar-refractivity contribution in [3.63, 3.8) is 0 Å². The van der Waals surface area contributed by atoms with Crippen LogP contribution in [-0.4, -0.2) is 30.8 Å². The molecule has 5 heteroatoms. The smallest absolute Gasteiger partial charge is 0.186 e. The van der Waals surface area contributed by atoms with Gasteiger partial charge < -0.3 is 14.3 Å². The summed E-state index contributed by atoms with van der Waals surface area (Å²) in [6.45, 7) is 6.42. The predicted octanol–water partition coefficient (Wildman–Crippen LogP) is 2.39. The molecule has 1 unspecified atom stereocenters.